The van der Waals surface area contributed by atoms with Crippen LogP contribution in [0.1, 0.15) is 303 Å². The first-order valence-corrected chi connectivity index (χ1v) is 30.4. The first kappa shape index (κ1) is 67.8. The Morgan fingerprint density at radius 2 is 0.535 bits per heavy atom. The number of esters is 3. The Bertz CT molecular complexity index is 1320. The van der Waals surface area contributed by atoms with Crippen molar-refractivity contribution in [3.8, 4) is 0 Å². The maximum atomic E-state index is 12.9. The third-order valence-electron chi connectivity index (χ3n) is 13.2. The van der Waals surface area contributed by atoms with Gasteiger partial charge in [-0.15, -0.1) is 0 Å². The molecule has 0 saturated heterocycles. The minimum Gasteiger partial charge on any atom is -0.462 e. The monoisotopic (exact) mass is 991 g/mol. The van der Waals surface area contributed by atoms with Crippen LogP contribution in [-0.4, -0.2) is 37.2 Å². The van der Waals surface area contributed by atoms with Gasteiger partial charge in [0.2, 0.25) is 0 Å². The van der Waals surface area contributed by atoms with Crippen LogP contribution >= 0.6 is 0 Å². The molecule has 0 aromatic rings. The van der Waals surface area contributed by atoms with Gasteiger partial charge in [0.05, 0.1) is 0 Å². The number of allylic oxidation sites excluding steroid dienone is 12. The maximum Gasteiger partial charge on any atom is 0.306 e. The Morgan fingerprint density at radius 1 is 0.282 bits per heavy atom. The van der Waals surface area contributed by atoms with E-state index in [0.717, 1.165) is 64.2 Å². The van der Waals surface area contributed by atoms with Crippen molar-refractivity contribution in [2.75, 3.05) is 13.2 Å². The summed E-state index contributed by atoms with van der Waals surface area (Å²) in [5.41, 5.74) is 0. The number of hydrogen-bond acceptors (Lipinski definition) is 6. The van der Waals surface area contributed by atoms with Gasteiger partial charge >= 0.3 is 17.9 Å². The number of unbranched alkanes of at least 4 members (excludes halogenated alkanes) is 32. The second kappa shape index (κ2) is 59.4. The molecular formula is C65H114O6. The highest BCUT2D eigenvalue weighted by atomic mass is 16.6. The summed E-state index contributed by atoms with van der Waals surface area (Å²) in [6.45, 7) is 6.57. The lowest BCUT2D eigenvalue weighted by Crippen LogP contribution is -2.30. The third kappa shape index (κ3) is 57.6. The minimum absolute atomic E-state index is 0.0980. The minimum atomic E-state index is -0.806. The largest absolute Gasteiger partial charge is 0.462 e. The predicted molar refractivity (Wildman–Crippen MR) is 307 cm³/mol. The van der Waals surface area contributed by atoms with Crippen molar-refractivity contribution in [2.24, 2.45) is 0 Å². The maximum absolute atomic E-state index is 12.9. The van der Waals surface area contributed by atoms with Gasteiger partial charge < -0.3 is 14.2 Å². The van der Waals surface area contributed by atoms with Gasteiger partial charge in [0.15, 0.2) is 6.10 Å². The van der Waals surface area contributed by atoms with Gasteiger partial charge in [-0.1, -0.05) is 273 Å². The normalized spacial score (nSPS) is 12.5. The second-order valence-electron chi connectivity index (χ2n) is 20.3. The van der Waals surface area contributed by atoms with Crippen molar-refractivity contribution in [1.82, 2.24) is 0 Å². The molecule has 0 aromatic carbocycles. The van der Waals surface area contributed by atoms with Crippen LogP contribution in [0.3, 0.4) is 0 Å². The molecule has 410 valence electrons. The molecule has 0 rings (SSSR count). The van der Waals surface area contributed by atoms with Gasteiger partial charge in [0.1, 0.15) is 13.2 Å². The Balaban J connectivity index is 4.46. The summed E-state index contributed by atoms with van der Waals surface area (Å²) in [5.74, 6) is -0.975. The molecule has 0 unspecified atom stereocenters. The van der Waals surface area contributed by atoms with E-state index in [1.807, 2.05) is 6.08 Å². The Labute approximate surface area is 440 Å². The van der Waals surface area contributed by atoms with Crippen molar-refractivity contribution < 1.29 is 28.6 Å². The molecule has 0 aliphatic heterocycles. The highest BCUT2D eigenvalue weighted by Crippen LogP contribution is 2.16. The molecule has 1 atom stereocenters. The fraction of sp³-hybridized carbons (Fsp3) is 0.769. The molecule has 6 heteroatoms. The Hall–Kier alpha value is -3.15. The lowest BCUT2D eigenvalue weighted by molar-refractivity contribution is -0.166. The number of carbonyl (C=O) groups excluding carboxylic acids is 3. The quantitative estimate of drug-likeness (QED) is 0.0261. The molecule has 0 heterocycles. The number of rotatable bonds is 55. The van der Waals surface area contributed by atoms with Gasteiger partial charge in [-0.05, 0) is 83.5 Å². The van der Waals surface area contributed by atoms with Crippen LogP contribution in [0.25, 0.3) is 0 Å². The number of hydrogen-bond donors (Lipinski definition) is 0. The summed E-state index contributed by atoms with van der Waals surface area (Å²) in [5, 5.41) is 0. The smallest absolute Gasteiger partial charge is 0.306 e. The molecule has 71 heavy (non-hydrogen) atoms. The van der Waals surface area contributed by atoms with E-state index >= 15 is 0 Å². The van der Waals surface area contributed by atoms with Gasteiger partial charge in [-0.3, -0.25) is 14.4 Å². The zero-order valence-electron chi connectivity index (χ0n) is 47.0. The summed E-state index contributed by atoms with van der Waals surface area (Å²) < 4.78 is 16.8. The van der Waals surface area contributed by atoms with Gasteiger partial charge in [0.25, 0.3) is 0 Å². The van der Waals surface area contributed by atoms with Crippen LogP contribution in [0.2, 0.25) is 0 Å². The standard InChI is InChI=1S/C65H114O6/c1-4-7-10-13-16-19-22-25-28-30-32-34-37-40-43-46-49-52-55-58-64(67)70-61-62(60-69-63(66)57-54-51-48-45-42-39-36-27-24-21-18-15-12-9-6-3)71-65(68)59-56-53-50-47-44-41-38-35-33-31-29-26-23-20-17-14-11-8-5-2/h16,19,21,24-25,28,32,34,40,43,49,52,62H,4-15,17-18,20,22-23,26-27,29-31,33,35-39,41-42,44-48,50-51,53-61H2,1-3H3/b19-16-,24-21-,28-25-,34-32-,43-40-,52-49-/t62-/m0/s1. The number of ether oxygens (including phenoxy) is 3. The van der Waals surface area contributed by atoms with Crippen molar-refractivity contribution in [3.05, 3.63) is 72.9 Å². The molecule has 0 aliphatic rings. The summed E-state index contributed by atoms with van der Waals surface area (Å²) in [6, 6.07) is 0. The van der Waals surface area contributed by atoms with E-state index in [0.29, 0.717) is 19.3 Å². The van der Waals surface area contributed by atoms with Crippen LogP contribution in [0.4, 0.5) is 0 Å². The van der Waals surface area contributed by atoms with E-state index in [2.05, 4.69) is 87.6 Å². The second-order valence-corrected chi connectivity index (χ2v) is 20.3. The first-order valence-electron chi connectivity index (χ1n) is 30.4. The van der Waals surface area contributed by atoms with Crippen LogP contribution < -0.4 is 0 Å². The van der Waals surface area contributed by atoms with Crippen LogP contribution in [0.15, 0.2) is 72.9 Å². The fourth-order valence-electron chi connectivity index (χ4n) is 8.60. The topological polar surface area (TPSA) is 78.9 Å². The SMILES string of the molecule is CCCCC/C=C\C/C=C\C/C=C\C/C=C\C/C=C\CCC(=O)OC[C@H](COC(=O)CCCCCCCCC/C=C\CCCCCC)OC(=O)CCCCCCCCCCCCCCCCCCCCC. The summed E-state index contributed by atoms with van der Waals surface area (Å²) >= 11 is 0. The molecule has 6 nitrogen and oxygen atoms in total. The predicted octanol–water partition coefficient (Wildman–Crippen LogP) is 20.5. The lowest BCUT2D eigenvalue weighted by Gasteiger charge is -2.18. The van der Waals surface area contributed by atoms with Crippen molar-refractivity contribution in [1.29, 1.82) is 0 Å². The van der Waals surface area contributed by atoms with E-state index < -0.39 is 6.10 Å². The number of carbonyl (C=O) groups is 3. The van der Waals surface area contributed by atoms with E-state index in [1.54, 1.807) is 0 Å². The van der Waals surface area contributed by atoms with Crippen LogP contribution in [0.5, 0.6) is 0 Å². The molecule has 0 bridgehead atoms. The summed E-state index contributed by atoms with van der Waals surface area (Å²) in [7, 11) is 0. The Kier molecular flexibility index (Phi) is 56.8. The third-order valence-corrected chi connectivity index (χ3v) is 13.2. The first-order chi connectivity index (χ1) is 35.0. The zero-order chi connectivity index (χ0) is 51.4. The molecule has 0 aromatic heterocycles. The van der Waals surface area contributed by atoms with E-state index in [4.69, 9.17) is 14.2 Å². The zero-order valence-corrected chi connectivity index (χ0v) is 47.0. The van der Waals surface area contributed by atoms with E-state index in [9.17, 15) is 14.4 Å². The average molecular weight is 992 g/mol. The lowest BCUT2D eigenvalue weighted by atomic mass is 10.0. The highest BCUT2D eigenvalue weighted by molar-refractivity contribution is 5.71. The molecule has 0 fully saturated rings. The van der Waals surface area contributed by atoms with Crippen molar-refractivity contribution >= 4 is 17.9 Å². The Morgan fingerprint density at radius 3 is 0.930 bits per heavy atom. The van der Waals surface area contributed by atoms with Crippen molar-refractivity contribution in [3.63, 3.8) is 0 Å². The summed E-state index contributed by atoms with van der Waals surface area (Å²) in [4.78, 5) is 38.2. The molecule has 0 N–H and O–H groups in total. The van der Waals surface area contributed by atoms with Gasteiger partial charge in [0, 0.05) is 19.3 Å². The molecule has 0 spiro atoms. The van der Waals surface area contributed by atoms with Gasteiger partial charge in [-0.25, -0.2) is 0 Å². The molecule has 0 amide bonds. The molecule has 0 saturated carbocycles. The van der Waals surface area contributed by atoms with Gasteiger partial charge in [-0.2, -0.15) is 0 Å². The molecular weight excluding hydrogens is 877 g/mol. The fourth-order valence-corrected chi connectivity index (χ4v) is 8.60. The molecule has 0 radical (unpaired) electrons. The molecule has 0 aliphatic carbocycles. The highest BCUT2D eigenvalue weighted by Gasteiger charge is 2.19. The van der Waals surface area contributed by atoms with Crippen LogP contribution in [-0.2, 0) is 28.6 Å². The van der Waals surface area contributed by atoms with E-state index in [-0.39, 0.29) is 37.5 Å². The summed E-state index contributed by atoms with van der Waals surface area (Å²) in [6.07, 6.45) is 76.2. The van der Waals surface area contributed by atoms with Crippen molar-refractivity contribution in [2.45, 2.75) is 309 Å². The average Bonchev–Trinajstić information content (AvgIpc) is 3.37. The van der Waals surface area contributed by atoms with Crippen LogP contribution in [0, 0.1) is 0 Å². The van der Waals surface area contributed by atoms with E-state index in [1.165, 1.54) is 193 Å².